The minimum absolute atomic E-state index is 0.0868. The van der Waals surface area contributed by atoms with Crippen molar-refractivity contribution < 1.29 is 9.47 Å². The molecule has 0 saturated carbocycles. The SMILES string of the molecule is Cc1ccccc1-c1ccc2c(c1)B1c3cc(-c4ccccc4)ccc3Oc3c(-c4ccccc4)cc(-c4ccccc4)c(c31)O2. The van der Waals surface area contributed by atoms with Crippen LogP contribution in [0.25, 0.3) is 44.5 Å². The van der Waals surface area contributed by atoms with Gasteiger partial charge in [-0.05, 0) is 75.0 Å². The van der Waals surface area contributed by atoms with Crippen LogP contribution in [0.2, 0.25) is 0 Å². The van der Waals surface area contributed by atoms with Gasteiger partial charge in [0.2, 0.25) is 0 Å². The third-order valence-electron chi connectivity index (χ3n) is 9.35. The van der Waals surface area contributed by atoms with E-state index in [2.05, 4.69) is 165 Å². The topological polar surface area (TPSA) is 18.5 Å². The number of rotatable bonds is 4. The van der Waals surface area contributed by atoms with Crippen molar-refractivity contribution in [2.75, 3.05) is 0 Å². The predicted molar refractivity (Wildman–Crippen MR) is 191 cm³/mol. The second-order valence-corrected chi connectivity index (χ2v) is 12.1. The first-order valence-electron chi connectivity index (χ1n) is 15.8. The van der Waals surface area contributed by atoms with Crippen molar-refractivity contribution in [3.05, 3.63) is 163 Å². The fourth-order valence-electron chi connectivity index (χ4n) is 7.12. The predicted octanol–water partition coefficient (Wildman–Crippen LogP) is 9.39. The van der Waals surface area contributed by atoms with Crippen LogP contribution in [0.1, 0.15) is 5.56 Å². The van der Waals surface area contributed by atoms with Crippen LogP contribution in [-0.4, -0.2) is 6.71 Å². The molecule has 2 heterocycles. The van der Waals surface area contributed by atoms with E-state index in [1.165, 1.54) is 27.8 Å². The van der Waals surface area contributed by atoms with Gasteiger partial charge in [0.1, 0.15) is 23.0 Å². The summed E-state index contributed by atoms with van der Waals surface area (Å²) in [5.41, 5.74) is 13.7. The summed E-state index contributed by atoms with van der Waals surface area (Å²) in [6.45, 7) is 2.09. The van der Waals surface area contributed by atoms with E-state index in [1.54, 1.807) is 0 Å². The van der Waals surface area contributed by atoms with E-state index in [-0.39, 0.29) is 6.71 Å². The Morgan fingerprint density at radius 2 is 0.870 bits per heavy atom. The van der Waals surface area contributed by atoms with E-state index < -0.39 is 0 Å². The zero-order chi connectivity index (χ0) is 30.6. The van der Waals surface area contributed by atoms with Crippen molar-refractivity contribution in [3.63, 3.8) is 0 Å². The maximum absolute atomic E-state index is 6.97. The quantitative estimate of drug-likeness (QED) is 0.191. The molecule has 9 rings (SSSR count). The average molecular weight is 589 g/mol. The summed E-state index contributed by atoms with van der Waals surface area (Å²) in [6, 6.07) is 55.8. The first kappa shape index (κ1) is 26.6. The first-order chi connectivity index (χ1) is 22.7. The molecule has 2 aliphatic rings. The molecule has 216 valence electrons. The van der Waals surface area contributed by atoms with Gasteiger partial charge in [-0.25, -0.2) is 0 Å². The summed E-state index contributed by atoms with van der Waals surface area (Å²) in [5.74, 6) is 3.47. The van der Waals surface area contributed by atoms with Crippen molar-refractivity contribution in [3.8, 4) is 67.5 Å². The van der Waals surface area contributed by atoms with Crippen molar-refractivity contribution in [2.45, 2.75) is 6.92 Å². The van der Waals surface area contributed by atoms with E-state index in [0.717, 1.165) is 61.6 Å². The molecule has 2 nitrogen and oxygen atoms in total. The molecule has 7 aromatic rings. The van der Waals surface area contributed by atoms with E-state index >= 15 is 0 Å². The number of ether oxygens (including phenoxy) is 2. The lowest BCUT2D eigenvalue weighted by Crippen LogP contribution is -2.57. The van der Waals surface area contributed by atoms with Crippen LogP contribution in [0.15, 0.2) is 158 Å². The van der Waals surface area contributed by atoms with E-state index in [1.807, 2.05) is 0 Å². The van der Waals surface area contributed by atoms with E-state index in [4.69, 9.17) is 9.47 Å². The number of benzene rings is 7. The van der Waals surface area contributed by atoms with Gasteiger partial charge in [0.15, 0.2) is 0 Å². The smallest absolute Gasteiger partial charge is 0.260 e. The molecule has 0 unspecified atom stereocenters. The Morgan fingerprint density at radius 3 is 1.43 bits per heavy atom. The lowest BCUT2D eigenvalue weighted by atomic mass is 9.34. The Hall–Kier alpha value is -5.80. The van der Waals surface area contributed by atoms with E-state index in [9.17, 15) is 0 Å². The summed E-state index contributed by atoms with van der Waals surface area (Å²) in [7, 11) is 0. The zero-order valence-electron chi connectivity index (χ0n) is 25.4. The Labute approximate surface area is 269 Å². The summed E-state index contributed by atoms with van der Waals surface area (Å²) < 4.78 is 13.9. The molecular weight excluding hydrogens is 559 g/mol. The molecule has 0 radical (unpaired) electrons. The molecule has 0 atom stereocenters. The Bertz CT molecular complexity index is 2200. The van der Waals surface area contributed by atoms with Gasteiger partial charge in [-0.2, -0.15) is 0 Å². The molecule has 7 aromatic carbocycles. The normalized spacial score (nSPS) is 12.3. The monoisotopic (exact) mass is 588 g/mol. The third-order valence-corrected chi connectivity index (χ3v) is 9.35. The highest BCUT2D eigenvalue weighted by atomic mass is 16.5. The highest BCUT2D eigenvalue weighted by Crippen LogP contribution is 2.46. The molecule has 0 bridgehead atoms. The molecule has 46 heavy (non-hydrogen) atoms. The minimum Gasteiger partial charge on any atom is -0.458 e. The number of hydrogen-bond donors (Lipinski definition) is 0. The number of hydrogen-bond acceptors (Lipinski definition) is 2. The van der Waals surface area contributed by atoms with Crippen LogP contribution < -0.4 is 25.9 Å². The molecule has 0 N–H and O–H groups in total. The van der Waals surface area contributed by atoms with Gasteiger partial charge < -0.3 is 9.47 Å². The van der Waals surface area contributed by atoms with Crippen LogP contribution >= 0.6 is 0 Å². The fraction of sp³-hybridized carbons (Fsp3) is 0.0233. The molecule has 0 saturated heterocycles. The highest BCUT2D eigenvalue weighted by Gasteiger charge is 2.43. The van der Waals surface area contributed by atoms with Crippen molar-refractivity contribution in [1.82, 2.24) is 0 Å². The largest absolute Gasteiger partial charge is 0.458 e. The van der Waals surface area contributed by atoms with Gasteiger partial charge in [-0.15, -0.1) is 0 Å². The van der Waals surface area contributed by atoms with Crippen LogP contribution in [0, 0.1) is 6.92 Å². The van der Waals surface area contributed by atoms with Crippen molar-refractivity contribution in [2.24, 2.45) is 0 Å². The van der Waals surface area contributed by atoms with Crippen LogP contribution in [0.5, 0.6) is 23.0 Å². The molecule has 3 heteroatoms. The van der Waals surface area contributed by atoms with Gasteiger partial charge in [0, 0.05) is 16.6 Å². The molecule has 2 aliphatic heterocycles. The molecule has 0 aromatic heterocycles. The molecule has 0 aliphatic carbocycles. The van der Waals surface area contributed by atoms with Crippen LogP contribution in [0.4, 0.5) is 0 Å². The van der Waals surface area contributed by atoms with Gasteiger partial charge in [0.05, 0.1) is 0 Å². The highest BCUT2D eigenvalue weighted by molar-refractivity contribution is 6.98. The molecule has 0 amide bonds. The standard InChI is InChI=1S/C43H29BO2/c1-28-13-11-12-20-34(28)33-22-24-40-38(26-33)44-37-25-32(29-14-5-2-6-15-29)21-23-39(37)45-42-35(30-16-7-3-8-17-30)27-36(43(46-40)41(42)44)31-18-9-4-10-19-31/h2-27H,1H3. The lowest BCUT2D eigenvalue weighted by molar-refractivity contribution is 0.467. The number of fused-ring (bicyclic) bond motifs is 4. The zero-order valence-corrected chi connectivity index (χ0v) is 25.4. The average Bonchev–Trinajstić information content (AvgIpc) is 3.12. The summed E-state index contributed by atoms with van der Waals surface area (Å²) >= 11 is 0. The van der Waals surface area contributed by atoms with Crippen molar-refractivity contribution >= 4 is 23.1 Å². The second kappa shape index (κ2) is 10.7. The molecule has 0 spiro atoms. The maximum atomic E-state index is 6.97. The maximum Gasteiger partial charge on any atom is 0.260 e. The van der Waals surface area contributed by atoms with Crippen LogP contribution in [0.3, 0.4) is 0 Å². The number of aryl methyl sites for hydroxylation is 1. The van der Waals surface area contributed by atoms with Gasteiger partial charge >= 0.3 is 0 Å². The second-order valence-electron chi connectivity index (χ2n) is 12.1. The van der Waals surface area contributed by atoms with Gasteiger partial charge in [-0.1, -0.05) is 140 Å². The van der Waals surface area contributed by atoms with Crippen LogP contribution in [-0.2, 0) is 0 Å². The Morgan fingerprint density at radius 1 is 0.391 bits per heavy atom. The van der Waals surface area contributed by atoms with E-state index in [0.29, 0.717) is 0 Å². The first-order valence-corrected chi connectivity index (χ1v) is 15.8. The summed E-state index contributed by atoms with van der Waals surface area (Å²) in [6.07, 6.45) is 0. The molecular formula is C43H29BO2. The minimum atomic E-state index is -0.0868. The summed E-state index contributed by atoms with van der Waals surface area (Å²) in [5, 5.41) is 0. The van der Waals surface area contributed by atoms with Gasteiger partial charge in [-0.3, -0.25) is 0 Å². The van der Waals surface area contributed by atoms with Crippen molar-refractivity contribution in [1.29, 1.82) is 0 Å². The third kappa shape index (κ3) is 4.28. The summed E-state index contributed by atoms with van der Waals surface area (Å²) in [4.78, 5) is 0. The van der Waals surface area contributed by atoms with Gasteiger partial charge in [0.25, 0.3) is 6.71 Å². The Balaban J connectivity index is 1.36. The lowest BCUT2D eigenvalue weighted by Gasteiger charge is -2.36. The Kier molecular flexibility index (Phi) is 6.17. The fourth-order valence-corrected chi connectivity index (χ4v) is 7.12. The molecule has 0 fully saturated rings.